The predicted octanol–water partition coefficient (Wildman–Crippen LogP) is 2.82. The van der Waals surface area contributed by atoms with Crippen LogP contribution >= 0.6 is 0 Å². The normalized spacial score (nSPS) is 11.8. The van der Waals surface area contributed by atoms with Crippen LogP contribution in [0.15, 0.2) is 48.5 Å². The van der Waals surface area contributed by atoms with Crippen LogP contribution in [0, 0.1) is 0 Å². The molecule has 1 aromatic heterocycles. The summed E-state index contributed by atoms with van der Waals surface area (Å²) in [6.07, 6.45) is 2.22. The second-order valence-electron chi connectivity index (χ2n) is 7.63. The minimum absolute atomic E-state index is 0.170. The second kappa shape index (κ2) is 12.0. The molecule has 0 saturated carbocycles. The first kappa shape index (κ1) is 24.2. The summed E-state index contributed by atoms with van der Waals surface area (Å²) in [4.78, 5) is 23.3. The number of carbonyl (C=O) groups excluding carboxylic acids is 1. The average Bonchev–Trinajstić information content (AvgIpc) is 2.85. The van der Waals surface area contributed by atoms with Gasteiger partial charge in [-0.1, -0.05) is 18.6 Å². The zero-order chi connectivity index (χ0) is 23.6. The Hall–Kier alpha value is -3.43. The fraction of sp³-hybridized carbons (Fsp3) is 0.375. The first-order valence-electron chi connectivity index (χ1n) is 11.0. The third-order valence-electron chi connectivity index (χ3n) is 5.26. The van der Waals surface area contributed by atoms with E-state index in [2.05, 4.69) is 10.3 Å². The molecule has 1 heterocycles. The lowest BCUT2D eigenvalue weighted by Crippen LogP contribution is -2.33. The lowest BCUT2D eigenvalue weighted by atomic mass is 10.1. The van der Waals surface area contributed by atoms with Crippen LogP contribution in [0.3, 0.4) is 0 Å². The first-order valence-corrected chi connectivity index (χ1v) is 11.0. The van der Waals surface area contributed by atoms with Gasteiger partial charge >= 0.3 is 5.97 Å². The van der Waals surface area contributed by atoms with Crippen molar-refractivity contribution in [1.29, 1.82) is 0 Å². The van der Waals surface area contributed by atoms with Gasteiger partial charge in [-0.2, -0.15) is 4.98 Å². The number of para-hydroxylation sites is 1. The van der Waals surface area contributed by atoms with E-state index in [-0.39, 0.29) is 6.61 Å². The number of fused-ring (bicyclic) bond motifs is 1. The van der Waals surface area contributed by atoms with E-state index in [0.29, 0.717) is 25.5 Å². The summed E-state index contributed by atoms with van der Waals surface area (Å²) in [6.45, 7) is 1.13. The van der Waals surface area contributed by atoms with Gasteiger partial charge in [0.25, 0.3) is 0 Å². The van der Waals surface area contributed by atoms with Gasteiger partial charge < -0.3 is 31.2 Å². The molecule has 33 heavy (non-hydrogen) atoms. The molecule has 176 valence electrons. The van der Waals surface area contributed by atoms with Crippen molar-refractivity contribution in [3.63, 3.8) is 0 Å². The smallest absolute Gasteiger partial charge is 0.322 e. The molecule has 2 aromatic carbocycles. The number of aromatic nitrogens is 2. The molecule has 9 nitrogen and oxygen atoms in total. The van der Waals surface area contributed by atoms with Crippen LogP contribution in [-0.2, 0) is 9.53 Å². The Morgan fingerprint density at radius 3 is 2.61 bits per heavy atom. The van der Waals surface area contributed by atoms with E-state index < -0.39 is 12.0 Å². The number of esters is 1. The number of anilines is 3. The number of nitrogens with zero attached hydrogens (tertiary/aromatic N) is 3. The summed E-state index contributed by atoms with van der Waals surface area (Å²) in [7, 11) is 3.59. The second-order valence-corrected chi connectivity index (χ2v) is 7.63. The molecule has 3 rings (SSSR count). The van der Waals surface area contributed by atoms with E-state index in [0.717, 1.165) is 41.0 Å². The van der Waals surface area contributed by atoms with Gasteiger partial charge in [0.2, 0.25) is 5.95 Å². The number of nitrogens with one attached hydrogen (secondary N) is 1. The van der Waals surface area contributed by atoms with Crippen molar-refractivity contribution in [3.05, 3.63) is 48.5 Å². The molecular weight excluding hydrogens is 420 g/mol. The molecule has 0 aliphatic heterocycles. The highest BCUT2D eigenvalue weighted by Gasteiger charge is 2.15. The number of rotatable bonds is 12. The first-order chi connectivity index (χ1) is 16.0. The Bertz CT molecular complexity index is 1040. The summed E-state index contributed by atoms with van der Waals surface area (Å²) in [5, 5.41) is 4.07. The van der Waals surface area contributed by atoms with Crippen LogP contribution in [0.1, 0.15) is 19.3 Å². The van der Waals surface area contributed by atoms with E-state index in [1.807, 2.05) is 60.5 Å². The summed E-state index contributed by atoms with van der Waals surface area (Å²) >= 11 is 0. The van der Waals surface area contributed by atoms with Gasteiger partial charge in [0.15, 0.2) is 0 Å². The average molecular weight is 453 g/mol. The fourth-order valence-corrected chi connectivity index (χ4v) is 3.37. The number of benzene rings is 2. The van der Waals surface area contributed by atoms with Crippen LogP contribution in [0.25, 0.3) is 10.9 Å². The quantitative estimate of drug-likeness (QED) is 0.281. The summed E-state index contributed by atoms with van der Waals surface area (Å²) in [6, 6.07) is 14.9. The number of carbonyl (C=O) groups is 1. The number of unbranched alkanes of at least 4 members (excludes halogenated alkanes) is 1. The highest BCUT2D eigenvalue weighted by atomic mass is 16.5. The highest BCUT2D eigenvalue weighted by molar-refractivity contribution is 5.92. The van der Waals surface area contributed by atoms with Crippen molar-refractivity contribution in [2.24, 2.45) is 11.5 Å². The number of nitrogens with two attached hydrogens (primary N) is 2. The Kier molecular flexibility index (Phi) is 8.79. The van der Waals surface area contributed by atoms with E-state index in [1.54, 1.807) is 7.11 Å². The molecule has 0 aliphatic carbocycles. The fourth-order valence-electron chi connectivity index (χ4n) is 3.37. The van der Waals surface area contributed by atoms with Crippen molar-refractivity contribution in [3.8, 4) is 5.75 Å². The molecule has 9 heteroatoms. The maximum atomic E-state index is 12.0. The lowest BCUT2D eigenvalue weighted by molar-refractivity contribution is -0.145. The summed E-state index contributed by atoms with van der Waals surface area (Å²) < 4.78 is 10.5. The summed E-state index contributed by atoms with van der Waals surface area (Å²) in [5.74, 6) is 1.59. The molecule has 0 amide bonds. The SMILES string of the molecule is COc1ccc(N(C)c2nc(NCCOC(=O)[C@H](N)CCCCN)nc3ccccc23)cc1. The van der Waals surface area contributed by atoms with E-state index in [1.165, 1.54) is 0 Å². The number of hydrogen-bond acceptors (Lipinski definition) is 9. The van der Waals surface area contributed by atoms with E-state index in [9.17, 15) is 4.79 Å². The Balaban J connectivity index is 1.67. The van der Waals surface area contributed by atoms with E-state index in [4.69, 9.17) is 25.9 Å². The molecule has 0 spiro atoms. The third-order valence-corrected chi connectivity index (χ3v) is 5.26. The molecule has 3 aromatic rings. The van der Waals surface area contributed by atoms with Gasteiger partial charge in [-0.3, -0.25) is 4.79 Å². The van der Waals surface area contributed by atoms with Gasteiger partial charge in [0.05, 0.1) is 19.2 Å². The Labute approximate surface area is 194 Å². The monoisotopic (exact) mass is 452 g/mol. The molecule has 0 bridgehead atoms. The maximum absolute atomic E-state index is 12.0. The standard InChI is InChI=1S/C24H32N6O3/c1-30(17-10-12-18(32-2)13-11-17)22-19-7-3-4-9-21(19)28-24(29-22)27-15-16-33-23(31)20(26)8-5-6-14-25/h3-4,7,9-13,20H,5-6,8,14-16,25-26H2,1-2H3,(H,27,28,29)/t20-/m1/s1. The minimum Gasteiger partial charge on any atom is -0.497 e. The topological polar surface area (TPSA) is 129 Å². The van der Waals surface area contributed by atoms with Gasteiger partial charge in [0.1, 0.15) is 24.2 Å². The predicted molar refractivity (Wildman–Crippen MR) is 131 cm³/mol. The van der Waals surface area contributed by atoms with Crippen LogP contribution in [-0.4, -0.2) is 55.8 Å². The van der Waals surface area contributed by atoms with Gasteiger partial charge in [-0.15, -0.1) is 0 Å². The summed E-state index contributed by atoms with van der Waals surface area (Å²) in [5.41, 5.74) is 13.1. The van der Waals surface area contributed by atoms with Crippen molar-refractivity contribution in [2.45, 2.75) is 25.3 Å². The molecule has 0 unspecified atom stereocenters. The Morgan fingerprint density at radius 2 is 1.88 bits per heavy atom. The molecule has 0 aliphatic rings. The van der Waals surface area contributed by atoms with Gasteiger partial charge in [-0.05, 0) is 55.8 Å². The van der Waals surface area contributed by atoms with Crippen molar-refractivity contribution in [2.75, 3.05) is 44.1 Å². The molecule has 0 saturated heterocycles. The van der Waals surface area contributed by atoms with Crippen molar-refractivity contribution < 1.29 is 14.3 Å². The van der Waals surface area contributed by atoms with Crippen LogP contribution < -0.4 is 26.4 Å². The molecular formula is C24H32N6O3. The Morgan fingerprint density at radius 1 is 1.12 bits per heavy atom. The third kappa shape index (κ3) is 6.53. The van der Waals surface area contributed by atoms with Gasteiger partial charge in [0, 0.05) is 18.1 Å². The number of methoxy groups -OCH3 is 1. The van der Waals surface area contributed by atoms with E-state index >= 15 is 0 Å². The van der Waals surface area contributed by atoms with Crippen LogP contribution in [0.5, 0.6) is 5.75 Å². The number of ether oxygens (including phenoxy) is 2. The zero-order valence-electron chi connectivity index (χ0n) is 19.2. The largest absolute Gasteiger partial charge is 0.497 e. The zero-order valence-corrected chi connectivity index (χ0v) is 19.2. The lowest BCUT2D eigenvalue weighted by Gasteiger charge is -2.21. The van der Waals surface area contributed by atoms with Crippen molar-refractivity contribution in [1.82, 2.24) is 9.97 Å². The molecule has 1 atom stereocenters. The maximum Gasteiger partial charge on any atom is 0.322 e. The van der Waals surface area contributed by atoms with Crippen LogP contribution in [0.4, 0.5) is 17.5 Å². The highest BCUT2D eigenvalue weighted by Crippen LogP contribution is 2.30. The molecule has 0 fully saturated rings. The van der Waals surface area contributed by atoms with Crippen LogP contribution in [0.2, 0.25) is 0 Å². The molecule has 0 radical (unpaired) electrons. The van der Waals surface area contributed by atoms with Crippen molar-refractivity contribution >= 4 is 34.3 Å². The minimum atomic E-state index is -0.627. The van der Waals surface area contributed by atoms with Gasteiger partial charge in [-0.25, -0.2) is 4.98 Å². The number of hydrogen-bond donors (Lipinski definition) is 3. The molecule has 5 N–H and O–H groups in total.